The minimum absolute atomic E-state index is 0.108. The molecule has 0 spiro atoms. The summed E-state index contributed by atoms with van der Waals surface area (Å²) in [5.41, 5.74) is 4.57. The van der Waals surface area contributed by atoms with E-state index in [4.69, 9.17) is 0 Å². The summed E-state index contributed by atoms with van der Waals surface area (Å²) in [5.74, 6) is -0.278. The van der Waals surface area contributed by atoms with Gasteiger partial charge in [0.15, 0.2) is 0 Å². The average Bonchev–Trinajstić information content (AvgIpc) is 3.41. The van der Waals surface area contributed by atoms with Crippen LogP contribution >= 0.6 is 0 Å². The summed E-state index contributed by atoms with van der Waals surface area (Å²) < 4.78 is 1.88. The molecule has 4 rings (SSSR count). The standard InChI is InChI=1S/C20H24N4O2/c1-24-18(16-7-2-3-8-17(16)23-24)12-21-19(25)13-5-4-6-14(11-13)20(26)22-15-9-10-15/h4-6,11,15H,2-3,7-10,12H2,1H3,(H,21,25)(H,22,26). The molecule has 1 aromatic heterocycles. The van der Waals surface area contributed by atoms with Crippen molar-refractivity contribution >= 4 is 11.8 Å². The molecule has 26 heavy (non-hydrogen) atoms. The zero-order valence-corrected chi connectivity index (χ0v) is 15.0. The summed E-state index contributed by atoms with van der Waals surface area (Å²) in [6.07, 6.45) is 6.51. The Kier molecular flexibility index (Phi) is 4.49. The second-order valence-electron chi connectivity index (χ2n) is 7.21. The van der Waals surface area contributed by atoms with Crippen LogP contribution in [0, 0.1) is 0 Å². The number of carbonyl (C=O) groups excluding carboxylic acids is 2. The minimum Gasteiger partial charge on any atom is -0.349 e. The zero-order valence-electron chi connectivity index (χ0n) is 15.0. The first-order valence-electron chi connectivity index (χ1n) is 9.34. The van der Waals surface area contributed by atoms with Gasteiger partial charge in [-0.3, -0.25) is 14.3 Å². The highest BCUT2D eigenvalue weighted by atomic mass is 16.2. The Balaban J connectivity index is 1.44. The van der Waals surface area contributed by atoms with Gasteiger partial charge in [0.05, 0.1) is 17.9 Å². The Morgan fingerprint density at radius 3 is 2.65 bits per heavy atom. The average molecular weight is 352 g/mol. The summed E-state index contributed by atoms with van der Waals surface area (Å²) >= 11 is 0. The van der Waals surface area contributed by atoms with E-state index in [1.54, 1.807) is 24.3 Å². The molecule has 0 radical (unpaired) electrons. The summed E-state index contributed by atoms with van der Waals surface area (Å²) in [6.45, 7) is 0.455. The van der Waals surface area contributed by atoms with Gasteiger partial charge in [-0.2, -0.15) is 5.10 Å². The predicted octanol–water partition coefficient (Wildman–Crippen LogP) is 2.12. The fraction of sp³-hybridized carbons (Fsp3) is 0.450. The van der Waals surface area contributed by atoms with Gasteiger partial charge in [0.25, 0.3) is 11.8 Å². The number of fused-ring (bicyclic) bond motifs is 1. The maximum absolute atomic E-state index is 12.6. The number of hydrogen-bond donors (Lipinski definition) is 2. The highest BCUT2D eigenvalue weighted by Gasteiger charge is 2.24. The first-order valence-corrected chi connectivity index (χ1v) is 9.34. The molecule has 6 heteroatoms. The highest BCUT2D eigenvalue weighted by Crippen LogP contribution is 2.23. The van der Waals surface area contributed by atoms with Gasteiger partial charge in [-0.05, 0) is 62.3 Å². The van der Waals surface area contributed by atoms with Crippen molar-refractivity contribution in [2.75, 3.05) is 0 Å². The summed E-state index contributed by atoms with van der Waals surface area (Å²) in [6, 6.07) is 7.19. The van der Waals surface area contributed by atoms with Crippen molar-refractivity contribution in [2.45, 2.75) is 51.1 Å². The first kappa shape index (κ1) is 16.8. The maximum Gasteiger partial charge on any atom is 0.251 e. The van der Waals surface area contributed by atoms with Gasteiger partial charge in [-0.25, -0.2) is 0 Å². The second-order valence-corrected chi connectivity index (χ2v) is 7.21. The number of aryl methyl sites for hydroxylation is 2. The molecule has 136 valence electrons. The summed E-state index contributed by atoms with van der Waals surface area (Å²) in [7, 11) is 1.93. The Labute approximate surface area is 153 Å². The van der Waals surface area contributed by atoms with Crippen LogP contribution in [0.2, 0.25) is 0 Å². The Hall–Kier alpha value is -2.63. The third-order valence-electron chi connectivity index (χ3n) is 5.16. The van der Waals surface area contributed by atoms with Crippen LogP contribution in [-0.2, 0) is 26.4 Å². The van der Waals surface area contributed by atoms with E-state index in [2.05, 4.69) is 15.7 Å². The van der Waals surface area contributed by atoms with E-state index in [1.165, 1.54) is 24.1 Å². The van der Waals surface area contributed by atoms with Gasteiger partial charge in [-0.15, -0.1) is 0 Å². The van der Waals surface area contributed by atoms with Gasteiger partial charge < -0.3 is 10.6 Å². The topological polar surface area (TPSA) is 76.0 Å². The molecule has 0 unspecified atom stereocenters. The van der Waals surface area contributed by atoms with E-state index in [9.17, 15) is 9.59 Å². The van der Waals surface area contributed by atoms with E-state index in [0.717, 1.165) is 31.4 Å². The van der Waals surface area contributed by atoms with Crippen molar-refractivity contribution < 1.29 is 9.59 Å². The highest BCUT2D eigenvalue weighted by molar-refractivity contribution is 5.99. The van der Waals surface area contributed by atoms with Gasteiger partial charge in [-0.1, -0.05) is 6.07 Å². The molecule has 2 aliphatic carbocycles. The van der Waals surface area contributed by atoms with Crippen molar-refractivity contribution in [2.24, 2.45) is 7.05 Å². The Bertz CT molecular complexity index is 851. The van der Waals surface area contributed by atoms with Crippen LogP contribution in [0.15, 0.2) is 24.3 Å². The first-order chi connectivity index (χ1) is 12.6. The van der Waals surface area contributed by atoms with Gasteiger partial charge in [0.1, 0.15) is 0 Å². The van der Waals surface area contributed by atoms with Gasteiger partial charge in [0, 0.05) is 24.2 Å². The smallest absolute Gasteiger partial charge is 0.251 e. The predicted molar refractivity (Wildman–Crippen MR) is 98.0 cm³/mol. The molecule has 0 saturated heterocycles. The lowest BCUT2D eigenvalue weighted by molar-refractivity contribution is 0.0949. The molecule has 2 aliphatic rings. The van der Waals surface area contributed by atoms with E-state index in [-0.39, 0.29) is 11.8 Å². The van der Waals surface area contributed by atoms with Crippen LogP contribution < -0.4 is 10.6 Å². The minimum atomic E-state index is -0.170. The quantitative estimate of drug-likeness (QED) is 0.865. The van der Waals surface area contributed by atoms with Crippen molar-refractivity contribution in [1.29, 1.82) is 0 Å². The van der Waals surface area contributed by atoms with Crippen molar-refractivity contribution in [3.05, 3.63) is 52.3 Å². The van der Waals surface area contributed by atoms with Crippen LogP contribution in [0.5, 0.6) is 0 Å². The van der Waals surface area contributed by atoms with Gasteiger partial charge in [0.2, 0.25) is 0 Å². The maximum atomic E-state index is 12.6. The molecule has 1 aromatic carbocycles. The number of nitrogens with one attached hydrogen (secondary N) is 2. The summed E-state index contributed by atoms with van der Waals surface area (Å²) in [4.78, 5) is 24.7. The number of benzene rings is 1. The van der Waals surface area contributed by atoms with E-state index in [1.807, 2.05) is 11.7 Å². The number of nitrogens with zero attached hydrogens (tertiary/aromatic N) is 2. The van der Waals surface area contributed by atoms with Crippen molar-refractivity contribution in [3.63, 3.8) is 0 Å². The molecule has 6 nitrogen and oxygen atoms in total. The number of hydrogen-bond acceptors (Lipinski definition) is 3. The molecule has 0 aliphatic heterocycles. The van der Waals surface area contributed by atoms with Crippen LogP contribution in [0.25, 0.3) is 0 Å². The fourth-order valence-electron chi connectivity index (χ4n) is 3.53. The fourth-order valence-corrected chi connectivity index (χ4v) is 3.53. The largest absolute Gasteiger partial charge is 0.349 e. The van der Waals surface area contributed by atoms with Crippen LogP contribution in [0.4, 0.5) is 0 Å². The Morgan fingerprint density at radius 2 is 1.88 bits per heavy atom. The van der Waals surface area contributed by atoms with E-state index in [0.29, 0.717) is 23.7 Å². The van der Waals surface area contributed by atoms with Crippen LogP contribution in [0.1, 0.15) is 63.4 Å². The molecule has 0 bridgehead atoms. The monoisotopic (exact) mass is 352 g/mol. The lowest BCUT2D eigenvalue weighted by Gasteiger charge is -2.12. The van der Waals surface area contributed by atoms with Crippen LogP contribution in [0.3, 0.4) is 0 Å². The second kappa shape index (κ2) is 6.94. The van der Waals surface area contributed by atoms with Crippen LogP contribution in [-0.4, -0.2) is 27.6 Å². The van der Waals surface area contributed by atoms with Gasteiger partial charge >= 0.3 is 0 Å². The number of aromatic nitrogens is 2. The normalized spacial score (nSPS) is 16.0. The molecular formula is C20H24N4O2. The Morgan fingerprint density at radius 1 is 1.15 bits per heavy atom. The van der Waals surface area contributed by atoms with Crippen molar-refractivity contribution in [3.8, 4) is 0 Å². The number of carbonyl (C=O) groups is 2. The number of rotatable bonds is 5. The molecule has 2 N–H and O–H groups in total. The third kappa shape index (κ3) is 3.49. The zero-order chi connectivity index (χ0) is 18.1. The van der Waals surface area contributed by atoms with Crippen molar-refractivity contribution in [1.82, 2.24) is 20.4 Å². The molecule has 0 atom stereocenters. The molecule has 1 heterocycles. The molecular weight excluding hydrogens is 328 g/mol. The number of amides is 2. The molecule has 2 aromatic rings. The lowest BCUT2D eigenvalue weighted by Crippen LogP contribution is -2.27. The molecule has 1 fully saturated rings. The summed E-state index contributed by atoms with van der Waals surface area (Å²) in [5, 5.41) is 10.5. The lowest BCUT2D eigenvalue weighted by atomic mass is 9.96. The molecule has 1 saturated carbocycles. The SMILES string of the molecule is Cn1nc2c(c1CNC(=O)c1cccc(C(=O)NC3CC3)c1)CCCC2. The third-order valence-corrected chi connectivity index (χ3v) is 5.16. The van der Waals surface area contributed by atoms with E-state index < -0.39 is 0 Å². The van der Waals surface area contributed by atoms with E-state index >= 15 is 0 Å². The molecule has 2 amide bonds.